The highest BCUT2D eigenvalue weighted by atomic mass is 19.1. The third-order valence-corrected chi connectivity index (χ3v) is 5.02. The van der Waals surface area contributed by atoms with E-state index in [4.69, 9.17) is 0 Å². The standard InChI is InChI=1S/C21H25FN8O/c1-13-9-18(30-29-13)27-20-12-23-11-19(28-20)24-15-7-8-16(22)17(10-15)26-21(31)25-14-5-3-2-4-6-14/h7-12,14H,2-6H2,1H3,(H2,25,26,31)(H3,24,27,28,29,30). The van der Waals surface area contributed by atoms with Crippen LogP contribution < -0.4 is 21.3 Å². The van der Waals surface area contributed by atoms with Gasteiger partial charge in [-0.15, -0.1) is 0 Å². The van der Waals surface area contributed by atoms with Crippen LogP contribution in [0, 0.1) is 12.7 Å². The molecular weight excluding hydrogens is 399 g/mol. The Morgan fingerprint density at radius 2 is 1.84 bits per heavy atom. The molecule has 1 aliphatic carbocycles. The van der Waals surface area contributed by atoms with Gasteiger partial charge < -0.3 is 21.3 Å². The number of aromatic amines is 1. The number of urea groups is 1. The number of amides is 2. The Morgan fingerprint density at radius 3 is 2.58 bits per heavy atom. The van der Waals surface area contributed by atoms with Gasteiger partial charge in [0.25, 0.3) is 0 Å². The van der Waals surface area contributed by atoms with Gasteiger partial charge in [-0.25, -0.2) is 14.2 Å². The van der Waals surface area contributed by atoms with Crippen LogP contribution in [0.3, 0.4) is 0 Å². The first-order valence-electron chi connectivity index (χ1n) is 10.3. The number of carbonyl (C=O) groups is 1. The van der Waals surface area contributed by atoms with Crippen LogP contribution in [0.5, 0.6) is 0 Å². The average Bonchev–Trinajstić information content (AvgIpc) is 3.16. The highest BCUT2D eigenvalue weighted by Gasteiger charge is 2.16. The van der Waals surface area contributed by atoms with Gasteiger partial charge in [0.2, 0.25) is 0 Å². The molecule has 1 aliphatic rings. The topological polar surface area (TPSA) is 120 Å². The van der Waals surface area contributed by atoms with Crippen LogP contribution in [0.2, 0.25) is 0 Å². The lowest BCUT2D eigenvalue weighted by atomic mass is 9.96. The monoisotopic (exact) mass is 424 g/mol. The van der Waals surface area contributed by atoms with Crippen LogP contribution in [0.1, 0.15) is 37.8 Å². The summed E-state index contributed by atoms with van der Waals surface area (Å²) in [7, 11) is 0. The zero-order valence-corrected chi connectivity index (χ0v) is 17.2. The quantitative estimate of drug-likeness (QED) is 0.395. The fraction of sp³-hybridized carbons (Fsp3) is 0.333. The van der Waals surface area contributed by atoms with Crippen molar-refractivity contribution in [3.63, 3.8) is 0 Å². The van der Waals surface area contributed by atoms with Crippen molar-refractivity contribution in [2.75, 3.05) is 16.0 Å². The molecule has 0 saturated heterocycles. The lowest BCUT2D eigenvalue weighted by molar-refractivity contribution is 0.244. The van der Waals surface area contributed by atoms with E-state index < -0.39 is 11.8 Å². The summed E-state index contributed by atoms with van der Waals surface area (Å²) in [5, 5.41) is 18.6. The maximum absolute atomic E-state index is 14.2. The predicted octanol–water partition coefficient (Wildman–Crippen LogP) is 4.59. The van der Waals surface area contributed by atoms with E-state index in [0.717, 1.165) is 31.4 Å². The summed E-state index contributed by atoms with van der Waals surface area (Å²) in [4.78, 5) is 20.9. The van der Waals surface area contributed by atoms with Gasteiger partial charge in [0.05, 0.1) is 18.1 Å². The number of nitrogens with zero attached hydrogens (tertiary/aromatic N) is 3. The highest BCUT2D eigenvalue weighted by molar-refractivity contribution is 5.90. The van der Waals surface area contributed by atoms with Gasteiger partial charge in [-0.2, -0.15) is 5.10 Å². The highest BCUT2D eigenvalue weighted by Crippen LogP contribution is 2.23. The first kappa shape index (κ1) is 20.6. The molecule has 5 N–H and O–H groups in total. The third-order valence-electron chi connectivity index (χ3n) is 5.02. The van der Waals surface area contributed by atoms with Gasteiger partial charge in [-0.05, 0) is 38.0 Å². The zero-order chi connectivity index (χ0) is 21.6. The van der Waals surface area contributed by atoms with Crippen molar-refractivity contribution in [3.05, 3.63) is 48.2 Å². The van der Waals surface area contributed by atoms with Gasteiger partial charge >= 0.3 is 6.03 Å². The zero-order valence-electron chi connectivity index (χ0n) is 17.2. The van der Waals surface area contributed by atoms with E-state index in [-0.39, 0.29) is 11.7 Å². The molecule has 2 aromatic heterocycles. The molecule has 2 amide bonds. The van der Waals surface area contributed by atoms with E-state index in [1.807, 2.05) is 13.0 Å². The summed E-state index contributed by atoms with van der Waals surface area (Å²) in [6.45, 7) is 1.90. The molecule has 1 fully saturated rings. The molecule has 1 saturated carbocycles. The summed E-state index contributed by atoms with van der Waals surface area (Å²) >= 11 is 0. The SMILES string of the molecule is Cc1cc(Nc2cncc(Nc3ccc(F)c(NC(=O)NC4CCCCC4)c3)n2)n[nH]1. The second kappa shape index (κ2) is 9.41. The smallest absolute Gasteiger partial charge is 0.319 e. The van der Waals surface area contributed by atoms with E-state index in [2.05, 4.69) is 41.4 Å². The number of halogens is 1. The maximum Gasteiger partial charge on any atom is 0.319 e. The van der Waals surface area contributed by atoms with Gasteiger partial charge in [-0.1, -0.05) is 19.3 Å². The van der Waals surface area contributed by atoms with E-state index in [1.165, 1.54) is 18.6 Å². The van der Waals surface area contributed by atoms with Crippen LogP contribution in [-0.2, 0) is 0 Å². The van der Waals surface area contributed by atoms with Crippen molar-refractivity contribution in [2.45, 2.75) is 45.1 Å². The number of hydrogen-bond acceptors (Lipinski definition) is 6. The van der Waals surface area contributed by atoms with Crippen molar-refractivity contribution in [1.82, 2.24) is 25.5 Å². The molecular formula is C21H25FN8O. The van der Waals surface area contributed by atoms with Crippen LogP contribution in [0.25, 0.3) is 0 Å². The van der Waals surface area contributed by atoms with Crippen LogP contribution in [0.4, 0.5) is 38.0 Å². The maximum atomic E-state index is 14.2. The molecule has 0 radical (unpaired) electrons. The molecule has 9 nitrogen and oxygen atoms in total. The molecule has 2 heterocycles. The van der Waals surface area contributed by atoms with Crippen molar-refractivity contribution in [1.29, 1.82) is 0 Å². The van der Waals surface area contributed by atoms with Gasteiger partial charge in [0, 0.05) is 23.5 Å². The van der Waals surface area contributed by atoms with Crippen molar-refractivity contribution >= 4 is 34.9 Å². The molecule has 0 spiro atoms. The Balaban J connectivity index is 1.41. The van der Waals surface area contributed by atoms with Crippen molar-refractivity contribution in [2.24, 2.45) is 0 Å². The summed E-state index contributed by atoms with van der Waals surface area (Å²) in [5.74, 6) is 1.08. The molecule has 10 heteroatoms. The first-order chi connectivity index (χ1) is 15.0. The molecule has 1 aromatic carbocycles. The number of rotatable bonds is 6. The molecule has 0 aliphatic heterocycles. The third kappa shape index (κ3) is 5.68. The van der Waals surface area contributed by atoms with E-state index in [1.54, 1.807) is 18.5 Å². The number of nitrogens with one attached hydrogen (secondary N) is 5. The molecule has 3 aromatic rings. The summed E-state index contributed by atoms with van der Waals surface area (Å²) in [5.41, 5.74) is 1.58. The number of aryl methyl sites for hydroxylation is 1. The second-order valence-corrected chi connectivity index (χ2v) is 7.60. The number of carbonyl (C=O) groups excluding carboxylic acids is 1. The fourth-order valence-electron chi connectivity index (χ4n) is 3.54. The molecule has 4 rings (SSSR count). The number of hydrogen-bond donors (Lipinski definition) is 5. The Hall–Kier alpha value is -3.69. The Morgan fingerprint density at radius 1 is 1.06 bits per heavy atom. The van der Waals surface area contributed by atoms with Gasteiger partial charge in [0.15, 0.2) is 17.5 Å². The van der Waals surface area contributed by atoms with Gasteiger partial charge in [0.1, 0.15) is 5.82 Å². The minimum absolute atomic E-state index is 0.0903. The van der Waals surface area contributed by atoms with Crippen LogP contribution in [-0.4, -0.2) is 32.2 Å². The molecule has 162 valence electrons. The normalized spacial score (nSPS) is 14.1. The van der Waals surface area contributed by atoms with Crippen LogP contribution >= 0.6 is 0 Å². The number of benzene rings is 1. The molecule has 31 heavy (non-hydrogen) atoms. The first-order valence-corrected chi connectivity index (χ1v) is 10.3. The summed E-state index contributed by atoms with van der Waals surface area (Å²) in [6.07, 6.45) is 8.44. The number of aromatic nitrogens is 4. The lowest BCUT2D eigenvalue weighted by Gasteiger charge is -2.23. The fourth-order valence-corrected chi connectivity index (χ4v) is 3.54. The van der Waals surface area contributed by atoms with E-state index >= 15 is 0 Å². The van der Waals surface area contributed by atoms with Crippen molar-refractivity contribution in [3.8, 4) is 0 Å². The summed E-state index contributed by atoms with van der Waals surface area (Å²) in [6, 6.07) is 5.97. The number of anilines is 5. The largest absolute Gasteiger partial charge is 0.339 e. The van der Waals surface area contributed by atoms with E-state index in [9.17, 15) is 9.18 Å². The second-order valence-electron chi connectivity index (χ2n) is 7.60. The van der Waals surface area contributed by atoms with Crippen molar-refractivity contribution < 1.29 is 9.18 Å². The summed E-state index contributed by atoms with van der Waals surface area (Å²) < 4.78 is 14.2. The van der Waals surface area contributed by atoms with Gasteiger partial charge in [-0.3, -0.25) is 10.1 Å². The van der Waals surface area contributed by atoms with E-state index in [0.29, 0.717) is 23.1 Å². The Labute approximate surface area is 179 Å². The van der Waals surface area contributed by atoms with Crippen LogP contribution in [0.15, 0.2) is 36.7 Å². The predicted molar refractivity (Wildman–Crippen MR) is 117 cm³/mol. The number of H-pyrrole nitrogens is 1. The minimum Gasteiger partial charge on any atom is -0.339 e. The Bertz CT molecular complexity index is 1050. The molecule has 0 unspecified atom stereocenters. The lowest BCUT2D eigenvalue weighted by Crippen LogP contribution is -2.39. The minimum atomic E-state index is -0.514. The average molecular weight is 424 g/mol. The molecule has 0 bridgehead atoms. The Kier molecular flexibility index (Phi) is 6.25. The molecule has 0 atom stereocenters.